The fourth-order valence-electron chi connectivity index (χ4n) is 0.729. The van der Waals surface area contributed by atoms with Gasteiger partial charge in [0.2, 0.25) is 0 Å². The van der Waals surface area contributed by atoms with E-state index in [0.29, 0.717) is 18.9 Å². The van der Waals surface area contributed by atoms with Gasteiger partial charge in [0, 0.05) is 12.2 Å². The summed E-state index contributed by atoms with van der Waals surface area (Å²) < 4.78 is 5.11. The van der Waals surface area contributed by atoms with E-state index in [-0.39, 0.29) is 0 Å². The van der Waals surface area contributed by atoms with Crippen LogP contribution in [0.25, 0.3) is 0 Å². The lowest BCUT2D eigenvalue weighted by Gasteiger charge is -1.95. The first-order valence-electron chi connectivity index (χ1n) is 3.38. The van der Waals surface area contributed by atoms with E-state index in [2.05, 4.69) is 10.2 Å². The third-order valence-corrected chi connectivity index (χ3v) is 1.29. The van der Waals surface area contributed by atoms with Gasteiger partial charge >= 0.3 is 0 Å². The molecule has 1 aromatic rings. The summed E-state index contributed by atoms with van der Waals surface area (Å²) in [7, 11) is 0. The van der Waals surface area contributed by atoms with Gasteiger partial charge in [-0.05, 0) is 6.92 Å². The molecule has 11 heavy (non-hydrogen) atoms. The maximum absolute atomic E-state index is 8.53. The van der Waals surface area contributed by atoms with Crippen molar-refractivity contribution in [3.8, 4) is 6.07 Å². The molecule has 0 aliphatic heterocycles. The van der Waals surface area contributed by atoms with E-state index in [9.17, 15) is 0 Å². The van der Waals surface area contributed by atoms with Gasteiger partial charge in [0.25, 0.3) is 0 Å². The highest BCUT2D eigenvalue weighted by Crippen LogP contribution is 2.03. The molecule has 1 heterocycles. The van der Waals surface area contributed by atoms with Crippen LogP contribution in [0.2, 0.25) is 0 Å². The minimum absolute atomic E-state index is 0.454. The van der Waals surface area contributed by atoms with E-state index < -0.39 is 0 Å². The quantitative estimate of drug-likeness (QED) is 0.695. The standard InChI is InChI=1S/C7H9N3O/c1-2-11-5-6-4-9-10-7(6)3-8/h4H,2,5H2,1H3,(H,9,10). The van der Waals surface area contributed by atoms with Crippen LogP contribution in [0.3, 0.4) is 0 Å². The van der Waals surface area contributed by atoms with Crippen LogP contribution < -0.4 is 0 Å². The van der Waals surface area contributed by atoms with Crippen molar-refractivity contribution in [1.82, 2.24) is 10.2 Å². The van der Waals surface area contributed by atoms with Crippen LogP contribution in [0, 0.1) is 11.3 Å². The SMILES string of the molecule is CCOCc1cn[nH]c1C#N. The Bertz CT molecular complexity index is 261. The topological polar surface area (TPSA) is 61.7 Å². The Labute approximate surface area is 64.8 Å². The molecule has 1 rings (SSSR count). The lowest BCUT2D eigenvalue weighted by Crippen LogP contribution is -1.92. The monoisotopic (exact) mass is 151 g/mol. The molecule has 0 aliphatic rings. The number of aromatic nitrogens is 2. The van der Waals surface area contributed by atoms with E-state index >= 15 is 0 Å². The van der Waals surface area contributed by atoms with Crippen LogP contribution in [-0.4, -0.2) is 16.8 Å². The Balaban J connectivity index is 2.63. The first-order valence-corrected chi connectivity index (χ1v) is 3.38. The highest BCUT2D eigenvalue weighted by Gasteiger charge is 2.02. The van der Waals surface area contributed by atoms with Crippen LogP contribution in [-0.2, 0) is 11.3 Å². The fourth-order valence-corrected chi connectivity index (χ4v) is 0.729. The highest BCUT2D eigenvalue weighted by atomic mass is 16.5. The van der Waals surface area contributed by atoms with Crippen molar-refractivity contribution in [2.24, 2.45) is 0 Å². The molecule has 1 aromatic heterocycles. The van der Waals surface area contributed by atoms with Gasteiger partial charge in [-0.25, -0.2) is 0 Å². The smallest absolute Gasteiger partial charge is 0.141 e. The lowest BCUT2D eigenvalue weighted by molar-refractivity contribution is 0.134. The van der Waals surface area contributed by atoms with E-state index in [1.165, 1.54) is 0 Å². The van der Waals surface area contributed by atoms with Crippen molar-refractivity contribution in [2.45, 2.75) is 13.5 Å². The average Bonchev–Trinajstić information content (AvgIpc) is 2.47. The van der Waals surface area contributed by atoms with Gasteiger partial charge in [0.15, 0.2) is 0 Å². The average molecular weight is 151 g/mol. The Hall–Kier alpha value is -1.34. The largest absolute Gasteiger partial charge is 0.377 e. The van der Waals surface area contributed by atoms with Crippen molar-refractivity contribution >= 4 is 0 Å². The zero-order valence-electron chi connectivity index (χ0n) is 6.29. The molecule has 0 saturated carbocycles. The molecule has 0 radical (unpaired) electrons. The minimum atomic E-state index is 0.454. The van der Waals surface area contributed by atoms with E-state index in [4.69, 9.17) is 10.00 Å². The van der Waals surface area contributed by atoms with Gasteiger partial charge in [-0.2, -0.15) is 10.4 Å². The third kappa shape index (κ3) is 1.79. The summed E-state index contributed by atoms with van der Waals surface area (Å²) in [6, 6.07) is 1.99. The second-order valence-electron chi connectivity index (χ2n) is 2.02. The van der Waals surface area contributed by atoms with Crippen molar-refractivity contribution in [1.29, 1.82) is 5.26 Å². The van der Waals surface area contributed by atoms with E-state index in [0.717, 1.165) is 5.56 Å². The number of nitrogens with one attached hydrogen (secondary N) is 1. The number of H-pyrrole nitrogens is 1. The van der Waals surface area contributed by atoms with Crippen LogP contribution in [0.4, 0.5) is 0 Å². The predicted octanol–water partition coefficient (Wildman–Crippen LogP) is 0.818. The van der Waals surface area contributed by atoms with Gasteiger partial charge in [0.1, 0.15) is 11.8 Å². The van der Waals surface area contributed by atoms with Crippen molar-refractivity contribution in [3.63, 3.8) is 0 Å². The maximum Gasteiger partial charge on any atom is 0.141 e. The number of hydrogen-bond donors (Lipinski definition) is 1. The molecule has 4 heteroatoms. The predicted molar refractivity (Wildman–Crippen MR) is 38.6 cm³/mol. The van der Waals surface area contributed by atoms with Crippen LogP contribution in [0.1, 0.15) is 18.2 Å². The molecule has 1 N–H and O–H groups in total. The Morgan fingerprint density at radius 1 is 1.82 bits per heavy atom. The second kappa shape index (κ2) is 3.74. The second-order valence-corrected chi connectivity index (χ2v) is 2.02. The summed E-state index contributed by atoms with van der Waals surface area (Å²) in [5.74, 6) is 0. The molecule has 58 valence electrons. The highest BCUT2D eigenvalue weighted by molar-refractivity contribution is 5.27. The molecule has 4 nitrogen and oxygen atoms in total. The molecule has 0 fully saturated rings. The van der Waals surface area contributed by atoms with Crippen molar-refractivity contribution in [3.05, 3.63) is 17.5 Å². The number of nitrogens with zero attached hydrogens (tertiary/aromatic N) is 2. The number of rotatable bonds is 3. The fraction of sp³-hybridized carbons (Fsp3) is 0.429. The first kappa shape index (κ1) is 7.76. The summed E-state index contributed by atoms with van der Waals surface area (Å²) in [6.07, 6.45) is 1.61. The normalized spacial score (nSPS) is 9.45. The summed E-state index contributed by atoms with van der Waals surface area (Å²) in [4.78, 5) is 0. The molecular weight excluding hydrogens is 142 g/mol. The molecule has 0 atom stereocenters. The minimum Gasteiger partial charge on any atom is -0.377 e. The zero-order chi connectivity index (χ0) is 8.10. The third-order valence-electron chi connectivity index (χ3n) is 1.29. The molecule has 0 amide bonds. The van der Waals surface area contributed by atoms with Crippen molar-refractivity contribution in [2.75, 3.05) is 6.61 Å². The van der Waals surface area contributed by atoms with Gasteiger partial charge in [-0.1, -0.05) is 0 Å². The molecule has 0 unspecified atom stereocenters. The molecule has 0 saturated heterocycles. The Morgan fingerprint density at radius 3 is 3.27 bits per heavy atom. The number of aromatic amines is 1. The molecule has 0 aliphatic carbocycles. The molecule has 0 aromatic carbocycles. The van der Waals surface area contributed by atoms with E-state index in [1.54, 1.807) is 6.20 Å². The van der Waals surface area contributed by atoms with Gasteiger partial charge in [0.05, 0.1) is 12.8 Å². The maximum atomic E-state index is 8.53. The Kier molecular flexibility index (Phi) is 2.64. The van der Waals surface area contributed by atoms with Crippen LogP contribution in [0.15, 0.2) is 6.20 Å². The zero-order valence-corrected chi connectivity index (χ0v) is 6.29. The summed E-state index contributed by atoms with van der Waals surface area (Å²) >= 11 is 0. The summed E-state index contributed by atoms with van der Waals surface area (Å²) in [6.45, 7) is 3.01. The molecule has 0 bridgehead atoms. The summed E-state index contributed by atoms with van der Waals surface area (Å²) in [5, 5.41) is 14.8. The Morgan fingerprint density at radius 2 is 2.64 bits per heavy atom. The number of hydrogen-bond acceptors (Lipinski definition) is 3. The van der Waals surface area contributed by atoms with Gasteiger partial charge in [-0.3, -0.25) is 5.10 Å². The number of nitriles is 1. The summed E-state index contributed by atoms with van der Waals surface area (Å²) in [5.41, 5.74) is 1.30. The van der Waals surface area contributed by atoms with Gasteiger partial charge in [-0.15, -0.1) is 0 Å². The molecular formula is C7H9N3O. The van der Waals surface area contributed by atoms with Crippen molar-refractivity contribution < 1.29 is 4.74 Å². The van der Waals surface area contributed by atoms with Crippen LogP contribution >= 0.6 is 0 Å². The van der Waals surface area contributed by atoms with Gasteiger partial charge < -0.3 is 4.74 Å². The van der Waals surface area contributed by atoms with Crippen LogP contribution in [0.5, 0.6) is 0 Å². The first-order chi connectivity index (χ1) is 5.38. The molecule has 0 spiro atoms. The van der Waals surface area contributed by atoms with E-state index in [1.807, 2.05) is 13.0 Å². The lowest BCUT2D eigenvalue weighted by atomic mass is 10.3. The number of ether oxygens (including phenoxy) is 1.